The number of rotatable bonds is 3. The first-order valence-electron chi connectivity index (χ1n) is 5.37. The topological polar surface area (TPSA) is 57.6 Å². The Morgan fingerprint density at radius 3 is 2.82 bits per heavy atom. The van der Waals surface area contributed by atoms with Crippen molar-refractivity contribution in [3.8, 4) is 0 Å². The molecule has 1 fully saturated rings. The minimum atomic E-state index is -1.00. The molecule has 0 aliphatic carbocycles. The number of carbonyl (C=O) groups is 2. The number of nitrogens with zero attached hydrogens (tertiary/aromatic N) is 1. The number of carboxylic acid groups (broad SMARTS) is 1. The monoisotopic (exact) mass is 237 g/mol. The Balaban J connectivity index is 2.18. The van der Waals surface area contributed by atoms with Gasteiger partial charge in [0.15, 0.2) is 0 Å². The maximum absolute atomic E-state index is 13.5. The fraction of sp³-hybridized carbons (Fsp3) is 0.333. The van der Waals surface area contributed by atoms with Gasteiger partial charge in [-0.1, -0.05) is 12.1 Å². The van der Waals surface area contributed by atoms with Crippen LogP contribution < -0.4 is 4.90 Å². The Morgan fingerprint density at radius 2 is 2.18 bits per heavy atom. The van der Waals surface area contributed by atoms with Crippen molar-refractivity contribution >= 4 is 17.6 Å². The number of carbonyl (C=O) groups excluding carboxylic acids is 1. The summed E-state index contributed by atoms with van der Waals surface area (Å²) in [5.41, 5.74) is 0.227. The van der Waals surface area contributed by atoms with Crippen LogP contribution in [0.1, 0.15) is 12.8 Å². The quantitative estimate of drug-likeness (QED) is 0.869. The van der Waals surface area contributed by atoms with Gasteiger partial charge in [0.2, 0.25) is 5.91 Å². The van der Waals surface area contributed by atoms with E-state index in [2.05, 4.69) is 0 Å². The van der Waals surface area contributed by atoms with Crippen molar-refractivity contribution < 1.29 is 19.1 Å². The average molecular weight is 237 g/mol. The number of benzene rings is 1. The molecule has 5 heteroatoms. The number of hydrogen-bond donors (Lipinski definition) is 1. The Hall–Kier alpha value is -1.91. The van der Waals surface area contributed by atoms with E-state index in [4.69, 9.17) is 5.11 Å². The van der Waals surface area contributed by atoms with Gasteiger partial charge < -0.3 is 10.0 Å². The van der Waals surface area contributed by atoms with Crippen molar-refractivity contribution in [1.29, 1.82) is 0 Å². The van der Waals surface area contributed by atoms with Crippen LogP contribution in [-0.4, -0.2) is 23.5 Å². The van der Waals surface area contributed by atoms with Crippen molar-refractivity contribution in [3.05, 3.63) is 30.1 Å². The van der Waals surface area contributed by atoms with Gasteiger partial charge in [0, 0.05) is 6.54 Å². The van der Waals surface area contributed by atoms with E-state index in [9.17, 15) is 14.0 Å². The summed E-state index contributed by atoms with van der Waals surface area (Å²) in [6.45, 7) is 0.373. The van der Waals surface area contributed by atoms with Crippen molar-refractivity contribution in [1.82, 2.24) is 0 Å². The molecule has 4 nitrogen and oxygen atoms in total. The summed E-state index contributed by atoms with van der Waals surface area (Å²) in [5, 5.41) is 8.66. The van der Waals surface area contributed by atoms with E-state index in [0.717, 1.165) is 0 Å². The largest absolute Gasteiger partial charge is 0.481 e. The molecule has 1 heterocycles. The third-order valence-corrected chi connectivity index (χ3v) is 2.88. The zero-order valence-corrected chi connectivity index (χ0v) is 9.10. The molecule has 0 bridgehead atoms. The summed E-state index contributed by atoms with van der Waals surface area (Å²) in [7, 11) is 0. The molecule has 1 aliphatic rings. The Bertz CT molecular complexity index is 461. The second-order valence-electron chi connectivity index (χ2n) is 4.02. The van der Waals surface area contributed by atoms with Crippen molar-refractivity contribution in [2.45, 2.75) is 12.8 Å². The lowest BCUT2D eigenvalue weighted by molar-refractivity contribution is -0.140. The lowest BCUT2D eigenvalue weighted by Crippen LogP contribution is -2.28. The predicted molar refractivity (Wildman–Crippen MR) is 59.1 cm³/mol. The van der Waals surface area contributed by atoms with Gasteiger partial charge in [-0.3, -0.25) is 9.59 Å². The van der Waals surface area contributed by atoms with Crippen LogP contribution in [0.4, 0.5) is 10.1 Å². The molecule has 2 rings (SSSR count). The van der Waals surface area contributed by atoms with Crippen molar-refractivity contribution in [2.24, 2.45) is 5.92 Å². The maximum atomic E-state index is 13.5. The van der Waals surface area contributed by atoms with E-state index in [1.807, 2.05) is 0 Å². The smallest absolute Gasteiger partial charge is 0.304 e. The Kier molecular flexibility index (Phi) is 3.08. The van der Waals surface area contributed by atoms with E-state index in [1.54, 1.807) is 12.1 Å². The molecule has 0 spiro atoms. The molecule has 1 saturated heterocycles. The number of hydrogen-bond acceptors (Lipinski definition) is 2. The highest BCUT2D eigenvalue weighted by atomic mass is 19.1. The third kappa shape index (κ3) is 2.27. The van der Waals surface area contributed by atoms with Crippen LogP contribution in [0.15, 0.2) is 24.3 Å². The van der Waals surface area contributed by atoms with E-state index in [0.29, 0.717) is 13.0 Å². The zero-order valence-electron chi connectivity index (χ0n) is 9.10. The second kappa shape index (κ2) is 4.53. The first kappa shape index (κ1) is 11.6. The summed E-state index contributed by atoms with van der Waals surface area (Å²) in [6, 6.07) is 6.01. The number of aliphatic carboxylic acids is 1. The summed E-state index contributed by atoms with van der Waals surface area (Å²) in [5.74, 6) is -2.31. The zero-order chi connectivity index (χ0) is 12.4. The normalized spacial score (nSPS) is 19.7. The summed E-state index contributed by atoms with van der Waals surface area (Å²) < 4.78 is 13.5. The fourth-order valence-electron chi connectivity index (χ4n) is 2.05. The predicted octanol–water partition coefficient (Wildman–Crippen LogP) is 1.65. The molecular weight excluding hydrogens is 225 g/mol. The van der Waals surface area contributed by atoms with E-state index in [-0.39, 0.29) is 18.0 Å². The minimum absolute atomic E-state index is 0.191. The van der Waals surface area contributed by atoms with Gasteiger partial charge in [0.1, 0.15) is 5.82 Å². The molecule has 0 aromatic heterocycles. The number of amides is 1. The molecule has 1 amide bonds. The fourth-order valence-corrected chi connectivity index (χ4v) is 2.05. The third-order valence-electron chi connectivity index (χ3n) is 2.88. The van der Waals surface area contributed by atoms with E-state index < -0.39 is 17.7 Å². The Labute approximate surface area is 97.7 Å². The van der Waals surface area contributed by atoms with Crippen LogP contribution in [0, 0.1) is 11.7 Å². The lowest BCUT2D eigenvalue weighted by Gasteiger charge is -2.17. The van der Waals surface area contributed by atoms with Gasteiger partial charge in [-0.05, 0) is 18.6 Å². The van der Waals surface area contributed by atoms with E-state index in [1.165, 1.54) is 17.0 Å². The minimum Gasteiger partial charge on any atom is -0.481 e. The van der Waals surface area contributed by atoms with Gasteiger partial charge in [0.25, 0.3) is 0 Å². The van der Waals surface area contributed by atoms with Gasteiger partial charge in [0.05, 0.1) is 18.0 Å². The SMILES string of the molecule is O=C(O)CC1CCN(c2ccccc2F)C1=O. The van der Waals surface area contributed by atoms with Crippen LogP contribution in [0.25, 0.3) is 0 Å². The second-order valence-corrected chi connectivity index (χ2v) is 4.02. The van der Waals surface area contributed by atoms with Crippen LogP contribution in [0.3, 0.4) is 0 Å². The van der Waals surface area contributed by atoms with Crippen LogP contribution >= 0.6 is 0 Å². The first-order chi connectivity index (χ1) is 8.09. The highest BCUT2D eigenvalue weighted by Gasteiger charge is 2.34. The molecule has 1 atom stereocenters. The maximum Gasteiger partial charge on any atom is 0.304 e. The summed E-state index contributed by atoms with van der Waals surface area (Å²) in [6.07, 6.45) is 0.267. The molecule has 0 radical (unpaired) electrons. The molecule has 90 valence electrons. The van der Waals surface area contributed by atoms with Gasteiger partial charge in [-0.2, -0.15) is 0 Å². The van der Waals surface area contributed by atoms with Crippen LogP contribution in [0.2, 0.25) is 0 Å². The number of para-hydroxylation sites is 1. The molecular formula is C12H12FNO3. The van der Waals surface area contributed by atoms with Gasteiger partial charge in [-0.25, -0.2) is 4.39 Å². The van der Waals surface area contributed by atoms with Gasteiger partial charge in [-0.15, -0.1) is 0 Å². The van der Waals surface area contributed by atoms with Crippen molar-refractivity contribution in [3.63, 3.8) is 0 Å². The molecule has 1 aromatic carbocycles. The first-order valence-corrected chi connectivity index (χ1v) is 5.37. The average Bonchev–Trinajstić information content (AvgIpc) is 2.61. The molecule has 1 unspecified atom stereocenters. The Morgan fingerprint density at radius 1 is 1.47 bits per heavy atom. The molecule has 0 saturated carbocycles. The lowest BCUT2D eigenvalue weighted by atomic mass is 10.0. The standard InChI is InChI=1S/C12H12FNO3/c13-9-3-1-2-4-10(9)14-6-5-8(12(14)17)7-11(15)16/h1-4,8H,5-7H2,(H,15,16). The highest BCUT2D eigenvalue weighted by molar-refractivity contribution is 5.98. The highest BCUT2D eigenvalue weighted by Crippen LogP contribution is 2.28. The number of anilines is 1. The van der Waals surface area contributed by atoms with Crippen LogP contribution in [0.5, 0.6) is 0 Å². The molecule has 1 aliphatic heterocycles. The summed E-state index contributed by atoms with van der Waals surface area (Å²) >= 11 is 0. The molecule has 1 N–H and O–H groups in total. The number of carboxylic acids is 1. The summed E-state index contributed by atoms with van der Waals surface area (Å²) in [4.78, 5) is 23.8. The van der Waals surface area contributed by atoms with Crippen LogP contribution in [-0.2, 0) is 9.59 Å². The molecule has 1 aromatic rings. The van der Waals surface area contributed by atoms with Crippen molar-refractivity contribution in [2.75, 3.05) is 11.4 Å². The van der Waals surface area contributed by atoms with Gasteiger partial charge >= 0.3 is 5.97 Å². The number of halogens is 1. The molecule has 17 heavy (non-hydrogen) atoms. The van der Waals surface area contributed by atoms with E-state index >= 15 is 0 Å².